The van der Waals surface area contributed by atoms with Crippen LogP contribution in [0, 0.1) is 13.8 Å². The number of aryl methyl sites for hydroxylation is 2. The molecule has 0 bridgehead atoms. The maximum atomic E-state index is 4.41. The second-order valence-electron chi connectivity index (χ2n) is 3.25. The number of thiophene rings is 1. The summed E-state index contributed by atoms with van der Waals surface area (Å²) >= 11 is 1.68. The predicted molar refractivity (Wildman–Crippen MR) is 61.1 cm³/mol. The van der Waals surface area contributed by atoms with E-state index in [1.807, 2.05) is 6.92 Å². The van der Waals surface area contributed by atoms with Gasteiger partial charge in [0.15, 0.2) is 0 Å². The van der Waals surface area contributed by atoms with Gasteiger partial charge in [-0.15, -0.1) is 11.3 Å². The van der Waals surface area contributed by atoms with Gasteiger partial charge in [0.25, 0.3) is 0 Å². The monoisotopic (exact) mass is 207 g/mol. The Labute approximate surface area is 87.2 Å². The van der Waals surface area contributed by atoms with Crippen molar-refractivity contribution < 1.29 is 0 Å². The molecule has 74 valence electrons. The van der Waals surface area contributed by atoms with Crippen LogP contribution in [0.4, 0.5) is 5.82 Å². The van der Waals surface area contributed by atoms with E-state index in [2.05, 4.69) is 34.5 Å². The Hall–Kier alpha value is -1.16. The summed E-state index contributed by atoms with van der Waals surface area (Å²) in [5.41, 5.74) is 1.25. The van der Waals surface area contributed by atoms with Crippen LogP contribution in [-0.4, -0.2) is 16.5 Å². The molecule has 0 amide bonds. The summed E-state index contributed by atoms with van der Waals surface area (Å²) in [5, 5.41) is 6.57. The maximum Gasteiger partial charge on any atom is 0.138 e. The quantitative estimate of drug-likeness (QED) is 0.822. The lowest BCUT2D eigenvalue weighted by atomic mass is 10.2. The first-order valence-corrected chi connectivity index (χ1v) is 5.56. The molecule has 0 aliphatic carbocycles. The van der Waals surface area contributed by atoms with Crippen molar-refractivity contribution >= 4 is 27.4 Å². The lowest BCUT2D eigenvalue weighted by molar-refractivity contribution is 1.07. The summed E-state index contributed by atoms with van der Waals surface area (Å²) in [5.74, 6) is 1.80. The fraction of sp³-hybridized carbons (Fsp3) is 0.400. The van der Waals surface area contributed by atoms with Crippen LogP contribution in [0.3, 0.4) is 0 Å². The third-order valence-electron chi connectivity index (χ3n) is 2.07. The van der Waals surface area contributed by atoms with Crippen LogP contribution in [0.5, 0.6) is 0 Å². The zero-order chi connectivity index (χ0) is 10.1. The van der Waals surface area contributed by atoms with Gasteiger partial charge in [-0.05, 0) is 31.7 Å². The number of rotatable bonds is 2. The highest BCUT2D eigenvalue weighted by molar-refractivity contribution is 7.17. The summed E-state index contributed by atoms with van der Waals surface area (Å²) in [6.07, 6.45) is 0. The second kappa shape index (κ2) is 3.53. The highest BCUT2D eigenvalue weighted by Crippen LogP contribution is 2.28. The van der Waals surface area contributed by atoms with Crippen molar-refractivity contribution in [1.29, 1.82) is 0 Å². The Kier molecular flexibility index (Phi) is 2.37. The van der Waals surface area contributed by atoms with Crippen molar-refractivity contribution in [3.63, 3.8) is 0 Å². The molecular weight excluding hydrogens is 194 g/mol. The summed E-state index contributed by atoms with van der Waals surface area (Å²) in [6.45, 7) is 6.99. The molecule has 0 aromatic carbocycles. The lowest BCUT2D eigenvalue weighted by Crippen LogP contribution is -2.02. The van der Waals surface area contributed by atoms with E-state index in [4.69, 9.17) is 0 Å². The van der Waals surface area contributed by atoms with Crippen molar-refractivity contribution in [3.8, 4) is 0 Å². The van der Waals surface area contributed by atoms with Gasteiger partial charge in [-0.2, -0.15) is 0 Å². The number of nitrogens with zero attached hydrogens (tertiary/aromatic N) is 2. The fourth-order valence-corrected chi connectivity index (χ4v) is 2.45. The first kappa shape index (κ1) is 9.40. The standard InChI is InChI=1S/C10H13N3S/c1-4-11-9-8-6(2)5-14-10(8)13-7(3)12-9/h5H,4H2,1-3H3,(H,11,12,13). The summed E-state index contributed by atoms with van der Waals surface area (Å²) in [4.78, 5) is 9.89. The third kappa shape index (κ3) is 1.46. The lowest BCUT2D eigenvalue weighted by Gasteiger charge is -2.05. The molecule has 2 aromatic rings. The predicted octanol–water partition coefficient (Wildman–Crippen LogP) is 2.74. The van der Waals surface area contributed by atoms with E-state index in [-0.39, 0.29) is 0 Å². The Morgan fingerprint density at radius 1 is 1.36 bits per heavy atom. The molecule has 0 radical (unpaired) electrons. The smallest absolute Gasteiger partial charge is 0.138 e. The molecular formula is C10H13N3S. The molecule has 0 aliphatic heterocycles. The summed E-state index contributed by atoms with van der Waals surface area (Å²) in [7, 11) is 0. The van der Waals surface area contributed by atoms with Gasteiger partial charge < -0.3 is 5.32 Å². The van der Waals surface area contributed by atoms with Crippen molar-refractivity contribution in [2.75, 3.05) is 11.9 Å². The molecule has 0 unspecified atom stereocenters. The van der Waals surface area contributed by atoms with Crippen LogP contribution >= 0.6 is 11.3 Å². The van der Waals surface area contributed by atoms with Crippen LogP contribution in [0.1, 0.15) is 18.3 Å². The molecule has 2 heterocycles. The largest absolute Gasteiger partial charge is 0.370 e. The maximum absolute atomic E-state index is 4.41. The van der Waals surface area contributed by atoms with Gasteiger partial charge in [-0.1, -0.05) is 0 Å². The van der Waals surface area contributed by atoms with Crippen molar-refractivity contribution in [2.24, 2.45) is 0 Å². The average molecular weight is 207 g/mol. The topological polar surface area (TPSA) is 37.8 Å². The van der Waals surface area contributed by atoms with Crippen LogP contribution in [0.2, 0.25) is 0 Å². The molecule has 2 aromatic heterocycles. The molecule has 0 saturated carbocycles. The molecule has 0 aliphatic rings. The van der Waals surface area contributed by atoms with Gasteiger partial charge in [0, 0.05) is 6.54 Å². The van der Waals surface area contributed by atoms with Gasteiger partial charge >= 0.3 is 0 Å². The zero-order valence-corrected chi connectivity index (χ0v) is 9.40. The highest BCUT2D eigenvalue weighted by Gasteiger charge is 2.08. The summed E-state index contributed by atoms with van der Waals surface area (Å²) in [6, 6.07) is 0. The zero-order valence-electron chi connectivity index (χ0n) is 8.59. The van der Waals surface area contributed by atoms with Crippen LogP contribution < -0.4 is 5.32 Å². The van der Waals surface area contributed by atoms with Crippen molar-refractivity contribution in [2.45, 2.75) is 20.8 Å². The Morgan fingerprint density at radius 2 is 2.14 bits per heavy atom. The van der Waals surface area contributed by atoms with E-state index < -0.39 is 0 Å². The number of aromatic nitrogens is 2. The minimum Gasteiger partial charge on any atom is -0.370 e. The molecule has 4 heteroatoms. The van der Waals surface area contributed by atoms with E-state index in [0.29, 0.717) is 0 Å². The molecule has 0 spiro atoms. The molecule has 14 heavy (non-hydrogen) atoms. The minimum atomic E-state index is 0.829. The normalized spacial score (nSPS) is 10.8. The van der Waals surface area contributed by atoms with E-state index in [1.165, 1.54) is 10.9 Å². The van der Waals surface area contributed by atoms with E-state index in [9.17, 15) is 0 Å². The van der Waals surface area contributed by atoms with Gasteiger partial charge in [-0.25, -0.2) is 9.97 Å². The van der Waals surface area contributed by atoms with Crippen LogP contribution in [-0.2, 0) is 0 Å². The molecule has 1 N–H and O–H groups in total. The number of anilines is 1. The van der Waals surface area contributed by atoms with Gasteiger partial charge in [0.1, 0.15) is 16.5 Å². The fourth-order valence-electron chi connectivity index (χ4n) is 1.49. The van der Waals surface area contributed by atoms with E-state index in [0.717, 1.165) is 23.0 Å². The molecule has 2 rings (SSSR count). The van der Waals surface area contributed by atoms with Crippen LogP contribution in [0.15, 0.2) is 5.38 Å². The van der Waals surface area contributed by atoms with Gasteiger partial charge in [0.05, 0.1) is 5.39 Å². The third-order valence-corrected chi connectivity index (χ3v) is 3.06. The second-order valence-corrected chi connectivity index (χ2v) is 4.11. The Morgan fingerprint density at radius 3 is 2.86 bits per heavy atom. The van der Waals surface area contributed by atoms with Crippen molar-refractivity contribution in [3.05, 3.63) is 16.8 Å². The average Bonchev–Trinajstić information content (AvgIpc) is 2.48. The number of hydrogen-bond donors (Lipinski definition) is 1. The van der Waals surface area contributed by atoms with Crippen LogP contribution in [0.25, 0.3) is 10.2 Å². The molecule has 0 atom stereocenters. The van der Waals surface area contributed by atoms with Gasteiger partial charge in [-0.3, -0.25) is 0 Å². The summed E-state index contributed by atoms with van der Waals surface area (Å²) < 4.78 is 0. The number of hydrogen-bond acceptors (Lipinski definition) is 4. The molecule has 0 saturated heterocycles. The van der Waals surface area contributed by atoms with Crippen molar-refractivity contribution in [1.82, 2.24) is 9.97 Å². The first-order valence-electron chi connectivity index (χ1n) is 4.68. The molecule has 3 nitrogen and oxygen atoms in total. The number of nitrogens with one attached hydrogen (secondary N) is 1. The SMILES string of the molecule is CCNc1nc(C)nc2scc(C)c12. The Balaban J connectivity index is 2.70. The van der Waals surface area contributed by atoms with E-state index in [1.54, 1.807) is 11.3 Å². The highest BCUT2D eigenvalue weighted by atomic mass is 32.1. The van der Waals surface area contributed by atoms with Gasteiger partial charge in [0.2, 0.25) is 0 Å². The van der Waals surface area contributed by atoms with E-state index >= 15 is 0 Å². The number of fused-ring (bicyclic) bond motifs is 1. The Bertz CT molecular complexity index is 462. The minimum absolute atomic E-state index is 0.829. The molecule has 0 fully saturated rings. The first-order chi connectivity index (χ1) is 6.72.